The Morgan fingerprint density at radius 2 is 1.89 bits per heavy atom. The summed E-state index contributed by atoms with van der Waals surface area (Å²) >= 11 is 5.78. The van der Waals surface area contributed by atoms with E-state index >= 15 is 0 Å². The van der Waals surface area contributed by atoms with Crippen LogP contribution in [0, 0.1) is 10.1 Å². The van der Waals surface area contributed by atoms with E-state index in [9.17, 15) is 23.3 Å². The highest BCUT2D eigenvalue weighted by Crippen LogP contribution is 2.30. The van der Waals surface area contributed by atoms with Crippen LogP contribution < -0.4 is 9.62 Å². The van der Waals surface area contributed by atoms with Crippen molar-refractivity contribution in [3.05, 3.63) is 63.7 Å². The fourth-order valence-electron chi connectivity index (χ4n) is 2.42. The molecule has 0 bridgehead atoms. The number of anilines is 1. The van der Waals surface area contributed by atoms with E-state index in [4.69, 9.17) is 11.6 Å². The highest BCUT2D eigenvalue weighted by Gasteiger charge is 2.29. The Labute approximate surface area is 168 Å². The molecular formula is C18H20ClN3O5S. The lowest BCUT2D eigenvalue weighted by molar-refractivity contribution is -0.384. The predicted molar refractivity (Wildman–Crippen MR) is 107 cm³/mol. The maximum atomic E-state index is 13.2. The minimum Gasteiger partial charge on any atom is -0.355 e. The number of hydrogen-bond acceptors (Lipinski definition) is 5. The molecule has 0 spiro atoms. The van der Waals surface area contributed by atoms with Crippen molar-refractivity contribution < 1.29 is 18.1 Å². The van der Waals surface area contributed by atoms with Crippen LogP contribution >= 0.6 is 11.6 Å². The first kappa shape index (κ1) is 21.6. The van der Waals surface area contributed by atoms with E-state index in [1.54, 1.807) is 30.3 Å². The highest BCUT2D eigenvalue weighted by atomic mass is 35.5. The Morgan fingerprint density at radius 1 is 1.21 bits per heavy atom. The SMILES string of the molecule is CCCCNC(=O)CN(c1ccccc1)S(=O)(=O)c1ccc(Cl)c([N+](=O)[O-])c1. The van der Waals surface area contributed by atoms with Gasteiger partial charge in [-0.25, -0.2) is 8.42 Å². The number of rotatable bonds is 9. The summed E-state index contributed by atoms with van der Waals surface area (Å²) in [7, 11) is -4.24. The Kier molecular flexibility index (Phi) is 7.36. The lowest BCUT2D eigenvalue weighted by Gasteiger charge is -2.24. The van der Waals surface area contributed by atoms with Crippen LogP contribution in [0.4, 0.5) is 11.4 Å². The normalized spacial score (nSPS) is 11.1. The van der Waals surface area contributed by atoms with Crippen LogP contribution in [0.15, 0.2) is 53.4 Å². The number of carbonyl (C=O) groups is 1. The summed E-state index contributed by atoms with van der Waals surface area (Å²) in [5, 5.41) is 13.6. The lowest BCUT2D eigenvalue weighted by atomic mass is 10.3. The molecule has 0 aliphatic rings. The van der Waals surface area contributed by atoms with E-state index in [1.165, 1.54) is 6.07 Å². The molecule has 0 fully saturated rings. The monoisotopic (exact) mass is 425 g/mol. The molecule has 0 atom stereocenters. The highest BCUT2D eigenvalue weighted by molar-refractivity contribution is 7.92. The number of nitrogens with zero attached hydrogens (tertiary/aromatic N) is 2. The van der Waals surface area contributed by atoms with E-state index in [0.717, 1.165) is 29.3 Å². The van der Waals surface area contributed by atoms with E-state index in [1.807, 2.05) is 6.92 Å². The summed E-state index contributed by atoms with van der Waals surface area (Å²) in [4.78, 5) is 22.3. The number of sulfonamides is 1. The van der Waals surface area contributed by atoms with Crippen LogP contribution in [0.5, 0.6) is 0 Å². The molecule has 0 aliphatic heterocycles. The molecule has 1 amide bonds. The molecule has 0 radical (unpaired) electrons. The molecule has 0 aromatic heterocycles. The summed E-state index contributed by atoms with van der Waals surface area (Å²) in [5.41, 5.74) is -0.256. The van der Waals surface area contributed by atoms with Gasteiger partial charge in [-0.3, -0.25) is 19.2 Å². The quantitative estimate of drug-likeness (QED) is 0.376. The van der Waals surface area contributed by atoms with E-state index < -0.39 is 33.1 Å². The molecule has 2 aromatic rings. The third-order valence-electron chi connectivity index (χ3n) is 3.89. The number of halogens is 1. The number of nitro groups is 1. The zero-order valence-electron chi connectivity index (χ0n) is 15.2. The fraction of sp³-hybridized carbons (Fsp3) is 0.278. The fourth-order valence-corrected chi connectivity index (χ4v) is 4.05. The second-order valence-corrected chi connectivity index (χ2v) is 8.19. The van der Waals surface area contributed by atoms with Crippen molar-refractivity contribution in [2.45, 2.75) is 24.7 Å². The van der Waals surface area contributed by atoms with Gasteiger partial charge in [0.05, 0.1) is 15.5 Å². The first-order valence-corrected chi connectivity index (χ1v) is 10.4. The van der Waals surface area contributed by atoms with Gasteiger partial charge in [-0.05, 0) is 30.7 Å². The van der Waals surface area contributed by atoms with Crippen molar-refractivity contribution in [1.29, 1.82) is 0 Å². The van der Waals surface area contributed by atoms with Crippen molar-refractivity contribution in [1.82, 2.24) is 5.32 Å². The van der Waals surface area contributed by atoms with Crippen LogP contribution in [0.25, 0.3) is 0 Å². The van der Waals surface area contributed by atoms with Gasteiger partial charge in [-0.2, -0.15) is 0 Å². The predicted octanol–water partition coefficient (Wildman–Crippen LogP) is 3.36. The molecule has 150 valence electrons. The number of nitro benzene ring substituents is 1. The molecule has 28 heavy (non-hydrogen) atoms. The molecule has 2 aromatic carbocycles. The number of unbranched alkanes of at least 4 members (excludes halogenated alkanes) is 1. The molecule has 1 N–H and O–H groups in total. The molecule has 8 nitrogen and oxygen atoms in total. The van der Waals surface area contributed by atoms with Crippen molar-refractivity contribution in [3.8, 4) is 0 Å². The van der Waals surface area contributed by atoms with E-state index in [-0.39, 0.29) is 15.6 Å². The summed E-state index contributed by atoms with van der Waals surface area (Å²) in [6.07, 6.45) is 1.66. The van der Waals surface area contributed by atoms with Gasteiger partial charge in [-0.15, -0.1) is 0 Å². The van der Waals surface area contributed by atoms with E-state index in [2.05, 4.69) is 5.32 Å². The second kappa shape index (κ2) is 9.52. The van der Waals surface area contributed by atoms with Crippen molar-refractivity contribution in [2.75, 3.05) is 17.4 Å². The van der Waals surface area contributed by atoms with Crippen molar-refractivity contribution in [3.63, 3.8) is 0 Å². The maximum absolute atomic E-state index is 13.2. The third kappa shape index (κ3) is 5.20. The molecule has 2 rings (SSSR count). The van der Waals surface area contributed by atoms with Gasteiger partial charge in [0.1, 0.15) is 11.6 Å². The zero-order chi connectivity index (χ0) is 20.7. The lowest BCUT2D eigenvalue weighted by Crippen LogP contribution is -2.41. The van der Waals surface area contributed by atoms with Gasteiger partial charge in [0.25, 0.3) is 15.7 Å². The largest absolute Gasteiger partial charge is 0.355 e. The summed E-state index contributed by atoms with van der Waals surface area (Å²) in [6.45, 7) is 1.96. The van der Waals surface area contributed by atoms with Gasteiger partial charge in [0.2, 0.25) is 5.91 Å². The second-order valence-electron chi connectivity index (χ2n) is 5.92. The average molecular weight is 426 g/mol. The van der Waals surface area contributed by atoms with Gasteiger partial charge in [-0.1, -0.05) is 43.1 Å². The Bertz CT molecular complexity index is 951. The first-order valence-electron chi connectivity index (χ1n) is 8.55. The number of para-hydroxylation sites is 1. The number of benzene rings is 2. The third-order valence-corrected chi connectivity index (χ3v) is 5.98. The number of hydrogen-bond donors (Lipinski definition) is 1. The number of amides is 1. The maximum Gasteiger partial charge on any atom is 0.289 e. The van der Waals surface area contributed by atoms with Gasteiger partial charge in [0.15, 0.2) is 0 Å². The zero-order valence-corrected chi connectivity index (χ0v) is 16.7. The standard InChI is InChI=1S/C18H20ClN3O5S/c1-2-3-11-20-18(23)13-21(14-7-5-4-6-8-14)28(26,27)15-9-10-16(19)17(12-15)22(24)25/h4-10,12H,2-3,11,13H2,1H3,(H,20,23). The minimum absolute atomic E-state index is 0.174. The van der Waals surface area contributed by atoms with Crippen molar-refractivity contribution >= 4 is 38.9 Å². The summed E-state index contributed by atoms with van der Waals surface area (Å²) < 4.78 is 27.2. The molecule has 0 unspecified atom stereocenters. The van der Waals surface area contributed by atoms with Crippen LogP contribution in [-0.4, -0.2) is 32.3 Å². The number of carbonyl (C=O) groups excluding carboxylic acids is 1. The first-order chi connectivity index (χ1) is 13.3. The molecule has 0 saturated carbocycles. The van der Waals surface area contributed by atoms with Crippen LogP contribution in [0.1, 0.15) is 19.8 Å². The molecule has 0 heterocycles. The van der Waals surface area contributed by atoms with E-state index in [0.29, 0.717) is 6.54 Å². The summed E-state index contributed by atoms with van der Waals surface area (Å²) in [5.74, 6) is -0.468. The smallest absolute Gasteiger partial charge is 0.289 e. The van der Waals surface area contributed by atoms with Crippen LogP contribution in [0.2, 0.25) is 5.02 Å². The van der Waals surface area contributed by atoms with Gasteiger partial charge in [0, 0.05) is 12.6 Å². The Hall–Kier alpha value is -2.65. The summed E-state index contributed by atoms with van der Waals surface area (Å²) in [6, 6.07) is 11.3. The van der Waals surface area contributed by atoms with Gasteiger partial charge >= 0.3 is 0 Å². The average Bonchev–Trinajstić information content (AvgIpc) is 2.67. The Balaban J connectivity index is 2.43. The molecule has 0 aliphatic carbocycles. The van der Waals surface area contributed by atoms with Crippen LogP contribution in [-0.2, 0) is 14.8 Å². The topological polar surface area (TPSA) is 110 Å². The van der Waals surface area contributed by atoms with Crippen molar-refractivity contribution in [2.24, 2.45) is 0 Å². The molecule has 10 heteroatoms. The van der Waals surface area contributed by atoms with Crippen LogP contribution in [0.3, 0.4) is 0 Å². The molecular weight excluding hydrogens is 406 g/mol. The number of nitrogens with one attached hydrogen (secondary N) is 1. The minimum atomic E-state index is -4.24. The molecule has 0 saturated heterocycles. The van der Waals surface area contributed by atoms with Gasteiger partial charge < -0.3 is 5.32 Å². The Morgan fingerprint density at radius 3 is 2.50 bits per heavy atom.